The van der Waals surface area contributed by atoms with Crippen molar-refractivity contribution in [3.63, 3.8) is 0 Å². The third-order valence-electron chi connectivity index (χ3n) is 3.04. The van der Waals surface area contributed by atoms with E-state index in [0.29, 0.717) is 12.0 Å². The summed E-state index contributed by atoms with van der Waals surface area (Å²) in [5.41, 5.74) is -0.534. The smallest absolute Gasteiger partial charge is 0.329 e. The number of rotatable bonds is 3. The van der Waals surface area contributed by atoms with Crippen LogP contribution in [-0.2, 0) is 0 Å². The van der Waals surface area contributed by atoms with Gasteiger partial charge in [0, 0.05) is 12.6 Å². The van der Waals surface area contributed by atoms with E-state index in [4.69, 9.17) is 5.11 Å². The minimum Gasteiger partial charge on any atom is -0.395 e. The lowest BCUT2D eigenvalue weighted by Crippen LogP contribution is -2.32. The summed E-state index contributed by atoms with van der Waals surface area (Å²) in [6.07, 6.45) is 4.55. The van der Waals surface area contributed by atoms with Crippen LogP contribution in [0.1, 0.15) is 24.3 Å². The minimum absolute atomic E-state index is 0.137. The molecule has 3 atom stereocenters. The molecule has 6 nitrogen and oxygen atoms in total. The Morgan fingerprint density at radius 2 is 2.32 bits per heavy atom. The predicted molar refractivity (Wildman–Crippen MR) is 74.2 cm³/mol. The van der Waals surface area contributed by atoms with Crippen molar-refractivity contribution in [2.75, 3.05) is 6.61 Å². The van der Waals surface area contributed by atoms with Crippen molar-refractivity contribution < 1.29 is 10.2 Å². The molecule has 1 saturated heterocycles. The van der Waals surface area contributed by atoms with Crippen LogP contribution in [-0.4, -0.2) is 37.7 Å². The highest BCUT2D eigenvalue weighted by molar-refractivity contribution is 8.00. The molecule has 1 fully saturated rings. The van der Waals surface area contributed by atoms with Crippen LogP contribution in [0.5, 0.6) is 0 Å². The monoisotopic (exact) mass is 284 g/mol. The summed E-state index contributed by atoms with van der Waals surface area (Å²) in [5.74, 6) is 0. The van der Waals surface area contributed by atoms with E-state index in [1.165, 1.54) is 22.5 Å². The van der Waals surface area contributed by atoms with Crippen molar-refractivity contribution in [1.82, 2.24) is 9.55 Å². The zero-order valence-corrected chi connectivity index (χ0v) is 11.3. The van der Waals surface area contributed by atoms with Gasteiger partial charge in [-0.25, -0.2) is 4.79 Å². The molecule has 1 aromatic rings. The Bertz CT molecular complexity index is 592. The number of H-pyrrole nitrogens is 1. The molecule has 2 heterocycles. The molecule has 0 aromatic carbocycles. The van der Waals surface area contributed by atoms with E-state index >= 15 is 0 Å². The Kier molecular flexibility index (Phi) is 4.28. The Morgan fingerprint density at radius 1 is 1.58 bits per heavy atom. The molecule has 19 heavy (non-hydrogen) atoms. The van der Waals surface area contributed by atoms with Crippen LogP contribution in [0, 0.1) is 0 Å². The maximum Gasteiger partial charge on any atom is 0.329 e. The van der Waals surface area contributed by atoms with Gasteiger partial charge in [0.25, 0.3) is 5.56 Å². The van der Waals surface area contributed by atoms with Gasteiger partial charge in [-0.05, 0) is 6.92 Å². The molecule has 2 rings (SSSR count). The zero-order valence-electron chi connectivity index (χ0n) is 10.4. The highest BCUT2D eigenvalue weighted by Crippen LogP contribution is 2.40. The topological polar surface area (TPSA) is 95.3 Å². The number of aliphatic hydroxyl groups excluding tert-OH is 2. The normalized spacial score (nSPS) is 27.2. The first-order valence-corrected chi connectivity index (χ1v) is 6.93. The Balaban J connectivity index is 2.38. The van der Waals surface area contributed by atoms with Crippen LogP contribution >= 0.6 is 11.8 Å². The second kappa shape index (κ2) is 5.77. The molecule has 7 heteroatoms. The number of nitrogens with zero attached hydrogens (tertiary/aromatic N) is 1. The lowest BCUT2D eigenvalue weighted by molar-refractivity contribution is 0.137. The average molecular weight is 284 g/mol. The Labute approximate surface area is 113 Å². The molecular weight excluding hydrogens is 268 g/mol. The van der Waals surface area contributed by atoms with Gasteiger partial charge in [0.2, 0.25) is 0 Å². The molecule has 0 aliphatic carbocycles. The molecule has 1 aliphatic heterocycles. The van der Waals surface area contributed by atoms with E-state index in [0.717, 1.165) is 0 Å². The van der Waals surface area contributed by atoms with Crippen LogP contribution in [0.25, 0.3) is 6.08 Å². The van der Waals surface area contributed by atoms with Gasteiger partial charge in [-0.2, -0.15) is 0 Å². The molecular formula is C12H16N2O4S. The number of allylic oxidation sites excluding steroid dienone is 1. The molecule has 0 radical (unpaired) electrons. The number of aromatic amines is 1. The van der Waals surface area contributed by atoms with Crippen LogP contribution < -0.4 is 11.2 Å². The van der Waals surface area contributed by atoms with E-state index in [1.54, 1.807) is 19.1 Å². The fraction of sp³-hybridized carbons (Fsp3) is 0.500. The molecule has 0 unspecified atom stereocenters. The molecule has 0 bridgehead atoms. The van der Waals surface area contributed by atoms with Gasteiger partial charge in [-0.1, -0.05) is 12.2 Å². The maximum atomic E-state index is 11.8. The average Bonchev–Trinajstić information content (AvgIpc) is 2.74. The Morgan fingerprint density at radius 3 is 2.89 bits per heavy atom. The lowest BCUT2D eigenvalue weighted by atomic mass is 10.2. The van der Waals surface area contributed by atoms with Gasteiger partial charge >= 0.3 is 5.69 Å². The van der Waals surface area contributed by atoms with Crippen LogP contribution in [0.15, 0.2) is 21.9 Å². The quantitative estimate of drug-likeness (QED) is 0.722. The van der Waals surface area contributed by atoms with Crippen molar-refractivity contribution in [3.8, 4) is 0 Å². The largest absolute Gasteiger partial charge is 0.395 e. The van der Waals surface area contributed by atoms with Crippen LogP contribution in [0.3, 0.4) is 0 Å². The van der Waals surface area contributed by atoms with Crippen molar-refractivity contribution in [2.45, 2.75) is 30.1 Å². The van der Waals surface area contributed by atoms with Gasteiger partial charge in [-0.15, -0.1) is 11.8 Å². The summed E-state index contributed by atoms with van der Waals surface area (Å²) in [6.45, 7) is 1.65. The second-order valence-electron chi connectivity index (χ2n) is 4.37. The summed E-state index contributed by atoms with van der Waals surface area (Å²) >= 11 is 1.34. The number of nitrogens with one attached hydrogen (secondary N) is 1. The van der Waals surface area contributed by atoms with Gasteiger partial charge in [0.05, 0.1) is 28.9 Å². The van der Waals surface area contributed by atoms with E-state index in [1.807, 2.05) is 0 Å². The van der Waals surface area contributed by atoms with Gasteiger partial charge < -0.3 is 10.2 Å². The van der Waals surface area contributed by atoms with Gasteiger partial charge in [0.1, 0.15) is 0 Å². The highest BCUT2D eigenvalue weighted by Gasteiger charge is 2.34. The predicted octanol–water partition coefficient (Wildman–Crippen LogP) is -0.0730. The summed E-state index contributed by atoms with van der Waals surface area (Å²) in [7, 11) is 0. The number of aromatic nitrogens is 2. The second-order valence-corrected chi connectivity index (χ2v) is 5.79. The Hall–Kier alpha value is -1.31. The summed E-state index contributed by atoms with van der Waals surface area (Å²) in [6, 6.07) is 0. The molecule has 0 amide bonds. The fourth-order valence-electron chi connectivity index (χ4n) is 2.06. The molecule has 104 valence electrons. The van der Waals surface area contributed by atoms with Crippen LogP contribution in [0.2, 0.25) is 0 Å². The van der Waals surface area contributed by atoms with Crippen molar-refractivity contribution in [3.05, 3.63) is 38.7 Å². The standard InChI is InChI=1S/C12H16N2O4S/c1-2-3-7-5-14(12(18)13-11(7)17)10-4-8(16)9(6-15)19-10/h2-3,5,8-10,15-16H,4,6H2,1H3,(H,13,17,18)/b3-2+/t8-,9+,10-/m0/s1. The number of hydrogen-bond donors (Lipinski definition) is 3. The molecule has 3 N–H and O–H groups in total. The SMILES string of the molecule is C/C=C/c1cn([C@@H]2C[C@H](O)[C@@H](CO)S2)c(=O)[nH]c1=O. The van der Waals surface area contributed by atoms with Crippen molar-refractivity contribution in [1.29, 1.82) is 0 Å². The number of hydrogen-bond acceptors (Lipinski definition) is 5. The van der Waals surface area contributed by atoms with Crippen molar-refractivity contribution >= 4 is 17.8 Å². The van der Waals surface area contributed by atoms with E-state index in [2.05, 4.69) is 4.98 Å². The molecule has 0 spiro atoms. The first-order valence-electron chi connectivity index (χ1n) is 5.99. The van der Waals surface area contributed by atoms with Crippen LogP contribution in [0.4, 0.5) is 0 Å². The fourth-order valence-corrected chi connectivity index (χ4v) is 3.44. The van der Waals surface area contributed by atoms with E-state index in [9.17, 15) is 14.7 Å². The first-order chi connectivity index (χ1) is 9.06. The molecule has 1 aliphatic rings. The lowest BCUT2D eigenvalue weighted by Gasteiger charge is -2.13. The molecule has 1 aromatic heterocycles. The third kappa shape index (κ3) is 2.83. The summed E-state index contributed by atoms with van der Waals surface area (Å²) in [4.78, 5) is 25.6. The van der Waals surface area contributed by atoms with E-state index < -0.39 is 17.4 Å². The van der Waals surface area contributed by atoms with Gasteiger partial charge in [0.15, 0.2) is 0 Å². The maximum absolute atomic E-state index is 11.8. The summed E-state index contributed by atoms with van der Waals surface area (Å²) in [5, 5.41) is 18.3. The van der Waals surface area contributed by atoms with Crippen molar-refractivity contribution in [2.24, 2.45) is 0 Å². The number of aliphatic hydroxyl groups is 2. The minimum atomic E-state index is -0.649. The third-order valence-corrected chi connectivity index (χ3v) is 4.58. The zero-order chi connectivity index (χ0) is 14.0. The van der Waals surface area contributed by atoms with Gasteiger partial charge in [-0.3, -0.25) is 14.3 Å². The first kappa shape index (κ1) is 14.1. The summed E-state index contributed by atoms with van der Waals surface area (Å²) < 4.78 is 1.40. The highest BCUT2D eigenvalue weighted by atomic mass is 32.2. The number of thioether (sulfide) groups is 1. The molecule has 0 saturated carbocycles. The van der Waals surface area contributed by atoms with E-state index in [-0.39, 0.29) is 17.2 Å².